The molecule has 12 heavy (non-hydrogen) atoms. The van der Waals surface area contributed by atoms with Gasteiger partial charge < -0.3 is 14.8 Å². The Bertz CT molecular complexity index is 281. The number of aromatic nitrogens is 1. The van der Waals surface area contributed by atoms with Crippen LogP contribution >= 0.6 is 11.6 Å². The van der Waals surface area contributed by atoms with Gasteiger partial charge in [0.15, 0.2) is 0 Å². The normalized spacial score (nSPS) is 9.67. The molecule has 1 heterocycles. The molecule has 0 atom stereocenters. The second kappa shape index (κ2) is 3.75. The van der Waals surface area contributed by atoms with Crippen LogP contribution in [0.1, 0.15) is 0 Å². The standard InChI is InChI=1S/C6H7BClNO3/c1-12-5-3-9-2-4(8)6(5)7(10)11/h2-3,10-11H,1H3. The first-order chi connectivity index (χ1) is 5.66. The first-order valence-corrected chi connectivity index (χ1v) is 3.58. The first kappa shape index (κ1) is 9.31. The van der Waals surface area contributed by atoms with Gasteiger partial charge in [0, 0.05) is 11.7 Å². The molecule has 0 unspecified atom stereocenters. The summed E-state index contributed by atoms with van der Waals surface area (Å²) < 4.78 is 4.82. The molecule has 0 amide bonds. The predicted molar refractivity (Wildman–Crippen MR) is 45.6 cm³/mol. The maximum Gasteiger partial charge on any atom is 0.493 e. The summed E-state index contributed by atoms with van der Waals surface area (Å²) in [6.07, 6.45) is 2.68. The minimum Gasteiger partial charge on any atom is -0.495 e. The van der Waals surface area contributed by atoms with E-state index < -0.39 is 7.12 Å². The SMILES string of the molecule is COc1cncc(Cl)c1B(O)O. The van der Waals surface area contributed by atoms with Crippen LogP contribution in [0.3, 0.4) is 0 Å². The second-order valence-electron chi connectivity index (χ2n) is 2.11. The summed E-state index contributed by atoms with van der Waals surface area (Å²) in [5.74, 6) is 0.262. The molecular weight excluding hydrogens is 180 g/mol. The number of nitrogens with zero attached hydrogens (tertiary/aromatic N) is 1. The average Bonchev–Trinajstić information content (AvgIpc) is 2.03. The number of hydrogen-bond donors (Lipinski definition) is 2. The van der Waals surface area contributed by atoms with Crippen molar-refractivity contribution in [2.75, 3.05) is 7.11 Å². The number of ether oxygens (including phenoxy) is 1. The maximum atomic E-state index is 8.88. The van der Waals surface area contributed by atoms with Gasteiger partial charge in [0.05, 0.1) is 18.3 Å². The summed E-state index contributed by atoms with van der Waals surface area (Å²) in [7, 11) is -0.241. The Hall–Kier alpha value is -0.775. The fourth-order valence-corrected chi connectivity index (χ4v) is 1.09. The molecule has 0 aliphatic heterocycles. The van der Waals surface area contributed by atoms with Crippen LogP contribution in [0.25, 0.3) is 0 Å². The summed E-state index contributed by atoms with van der Waals surface area (Å²) in [5, 5.41) is 17.9. The van der Waals surface area contributed by atoms with Gasteiger partial charge in [-0.25, -0.2) is 0 Å². The quantitative estimate of drug-likeness (QED) is 0.608. The van der Waals surface area contributed by atoms with E-state index in [9.17, 15) is 0 Å². The van der Waals surface area contributed by atoms with Crippen molar-refractivity contribution in [1.82, 2.24) is 4.98 Å². The molecule has 0 aliphatic carbocycles. The number of methoxy groups -OCH3 is 1. The van der Waals surface area contributed by atoms with Crippen molar-refractivity contribution in [3.8, 4) is 5.75 Å². The molecule has 64 valence electrons. The molecule has 1 aromatic rings. The van der Waals surface area contributed by atoms with Gasteiger partial charge >= 0.3 is 7.12 Å². The molecule has 1 rings (SSSR count). The summed E-state index contributed by atoms with van der Waals surface area (Å²) in [6, 6.07) is 0. The number of rotatable bonds is 2. The van der Waals surface area contributed by atoms with Crippen LogP contribution in [0, 0.1) is 0 Å². The van der Waals surface area contributed by atoms with E-state index in [0.29, 0.717) is 0 Å². The highest BCUT2D eigenvalue weighted by Crippen LogP contribution is 2.12. The number of halogens is 1. The third kappa shape index (κ3) is 1.69. The average molecular weight is 187 g/mol. The van der Waals surface area contributed by atoms with Gasteiger partial charge in [-0.1, -0.05) is 11.6 Å². The van der Waals surface area contributed by atoms with E-state index in [-0.39, 0.29) is 16.2 Å². The third-order valence-electron chi connectivity index (χ3n) is 1.38. The maximum absolute atomic E-state index is 8.88. The van der Waals surface area contributed by atoms with Crippen LogP contribution < -0.4 is 10.2 Å². The Morgan fingerprint density at radius 1 is 1.50 bits per heavy atom. The molecule has 2 N–H and O–H groups in total. The van der Waals surface area contributed by atoms with Crippen LogP contribution in [0.5, 0.6) is 5.75 Å². The van der Waals surface area contributed by atoms with Crippen molar-refractivity contribution in [2.24, 2.45) is 0 Å². The summed E-state index contributed by atoms with van der Waals surface area (Å²) >= 11 is 5.64. The van der Waals surface area contributed by atoms with Gasteiger partial charge in [0.1, 0.15) is 5.75 Å². The molecule has 0 aliphatic rings. The van der Waals surface area contributed by atoms with Crippen LogP contribution in [0.4, 0.5) is 0 Å². The summed E-state index contributed by atoms with van der Waals surface area (Å²) in [5.41, 5.74) is 0.133. The molecule has 0 saturated carbocycles. The minimum atomic E-state index is -1.64. The molecule has 6 heteroatoms. The van der Waals surface area contributed by atoms with Crippen molar-refractivity contribution in [3.05, 3.63) is 17.4 Å². The Morgan fingerprint density at radius 2 is 2.17 bits per heavy atom. The van der Waals surface area contributed by atoms with Gasteiger partial charge in [0.25, 0.3) is 0 Å². The molecule has 1 aromatic heterocycles. The summed E-state index contributed by atoms with van der Waals surface area (Å²) in [4.78, 5) is 3.72. The van der Waals surface area contributed by atoms with Crippen molar-refractivity contribution >= 4 is 24.2 Å². The molecule has 0 aromatic carbocycles. The van der Waals surface area contributed by atoms with Crippen molar-refractivity contribution in [1.29, 1.82) is 0 Å². The fraction of sp³-hybridized carbons (Fsp3) is 0.167. The van der Waals surface area contributed by atoms with Gasteiger partial charge in [-0.15, -0.1) is 0 Å². The molecule has 0 fully saturated rings. The van der Waals surface area contributed by atoms with Gasteiger partial charge in [0.2, 0.25) is 0 Å². The lowest BCUT2D eigenvalue weighted by molar-refractivity contribution is 0.402. The fourth-order valence-electron chi connectivity index (χ4n) is 0.840. The molecule has 0 bridgehead atoms. The van der Waals surface area contributed by atoms with Gasteiger partial charge in [-0.2, -0.15) is 0 Å². The molecule has 0 radical (unpaired) electrons. The number of pyridine rings is 1. The lowest BCUT2D eigenvalue weighted by Crippen LogP contribution is -2.32. The molecule has 0 spiro atoms. The van der Waals surface area contributed by atoms with Crippen LogP contribution in [-0.2, 0) is 0 Å². The van der Waals surface area contributed by atoms with E-state index in [1.165, 1.54) is 19.5 Å². The second-order valence-corrected chi connectivity index (χ2v) is 2.52. The Balaban J connectivity index is 3.20. The first-order valence-electron chi connectivity index (χ1n) is 3.20. The zero-order valence-electron chi connectivity index (χ0n) is 6.36. The van der Waals surface area contributed by atoms with Crippen molar-refractivity contribution in [3.63, 3.8) is 0 Å². The highest BCUT2D eigenvalue weighted by molar-refractivity contribution is 6.63. The highest BCUT2D eigenvalue weighted by Gasteiger charge is 2.20. The zero-order chi connectivity index (χ0) is 9.14. The lowest BCUT2D eigenvalue weighted by atomic mass is 9.80. The van der Waals surface area contributed by atoms with E-state index in [0.717, 1.165) is 0 Å². The van der Waals surface area contributed by atoms with E-state index in [1.807, 2.05) is 0 Å². The Labute approximate surface area is 74.9 Å². The minimum absolute atomic E-state index is 0.133. The lowest BCUT2D eigenvalue weighted by Gasteiger charge is -2.07. The molecular formula is C6H7BClNO3. The highest BCUT2D eigenvalue weighted by atomic mass is 35.5. The van der Waals surface area contributed by atoms with E-state index in [1.54, 1.807) is 0 Å². The third-order valence-corrected chi connectivity index (χ3v) is 1.68. The smallest absolute Gasteiger partial charge is 0.493 e. The van der Waals surface area contributed by atoms with E-state index in [2.05, 4.69) is 4.98 Å². The largest absolute Gasteiger partial charge is 0.495 e. The van der Waals surface area contributed by atoms with Crippen LogP contribution in [0.15, 0.2) is 12.4 Å². The zero-order valence-corrected chi connectivity index (χ0v) is 7.12. The number of hydrogen-bond acceptors (Lipinski definition) is 4. The summed E-state index contributed by atoms with van der Waals surface area (Å²) in [6.45, 7) is 0. The predicted octanol–water partition coefficient (Wildman–Crippen LogP) is -0.577. The van der Waals surface area contributed by atoms with Gasteiger partial charge in [-0.05, 0) is 0 Å². The van der Waals surface area contributed by atoms with E-state index >= 15 is 0 Å². The Kier molecular flexibility index (Phi) is 2.91. The molecule has 0 saturated heterocycles. The molecule has 4 nitrogen and oxygen atoms in total. The van der Waals surface area contributed by atoms with Crippen molar-refractivity contribution in [2.45, 2.75) is 0 Å². The van der Waals surface area contributed by atoms with Crippen molar-refractivity contribution < 1.29 is 14.8 Å². The van der Waals surface area contributed by atoms with Crippen LogP contribution in [-0.4, -0.2) is 29.3 Å². The Morgan fingerprint density at radius 3 is 2.58 bits per heavy atom. The topological polar surface area (TPSA) is 62.6 Å². The van der Waals surface area contributed by atoms with Gasteiger partial charge in [-0.3, -0.25) is 4.98 Å². The van der Waals surface area contributed by atoms with Crippen LogP contribution in [0.2, 0.25) is 5.02 Å². The monoisotopic (exact) mass is 187 g/mol. The van der Waals surface area contributed by atoms with E-state index in [4.69, 9.17) is 26.4 Å².